The second-order valence-electron chi connectivity index (χ2n) is 3.60. The van der Waals surface area contributed by atoms with E-state index in [-0.39, 0.29) is 11.3 Å². The summed E-state index contributed by atoms with van der Waals surface area (Å²) in [6, 6.07) is 6.06. The van der Waals surface area contributed by atoms with Gasteiger partial charge in [-0.25, -0.2) is 4.68 Å². The van der Waals surface area contributed by atoms with Gasteiger partial charge in [-0.2, -0.15) is 8.78 Å². The summed E-state index contributed by atoms with van der Waals surface area (Å²) in [6.07, 6.45) is 0.240. The summed E-state index contributed by atoms with van der Waals surface area (Å²) < 4.78 is 30.2. The van der Waals surface area contributed by atoms with Crippen LogP contribution in [0.25, 0.3) is 0 Å². The molecule has 0 saturated carbocycles. The Morgan fingerprint density at radius 1 is 1.33 bits per heavy atom. The minimum Gasteiger partial charge on any atom is -0.434 e. The predicted molar refractivity (Wildman–Crippen MR) is 58.1 cm³/mol. The van der Waals surface area contributed by atoms with Crippen LogP contribution in [0.3, 0.4) is 0 Å². The van der Waals surface area contributed by atoms with Crippen molar-refractivity contribution >= 4 is 0 Å². The third kappa shape index (κ3) is 2.45. The van der Waals surface area contributed by atoms with Gasteiger partial charge in [0.05, 0.1) is 11.9 Å². The zero-order valence-corrected chi connectivity index (χ0v) is 9.49. The molecule has 96 valence electrons. The molecule has 1 unspecified atom stereocenters. The van der Waals surface area contributed by atoms with Crippen molar-refractivity contribution in [2.75, 3.05) is 0 Å². The molecule has 0 aliphatic heterocycles. The second kappa shape index (κ2) is 5.09. The lowest BCUT2D eigenvalue weighted by atomic mass is 10.1. The van der Waals surface area contributed by atoms with Gasteiger partial charge >= 0.3 is 6.61 Å². The molecule has 1 aromatic heterocycles. The third-order valence-corrected chi connectivity index (χ3v) is 2.46. The van der Waals surface area contributed by atoms with Crippen LogP contribution < -0.4 is 4.74 Å². The van der Waals surface area contributed by atoms with Gasteiger partial charge in [0, 0.05) is 12.6 Å². The Hall–Kier alpha value is -2.02. The van der Waals surface area contributed by atoms with Crippen LogP contribution in [0.1, 0.15) is 17.4 Å². The molecule has 0 aliphatic carbocycles. The molecule has 7 heteroatoms. The number of ether oxygens (including phenoxy) is 1. The first kappa shape index (κ1) is 12.4. The lowest BCUT2D eigenvalue weighted by Gasteiger charge is -2.15. The number of benzene rings is 1. The first-order valence-electron chi connectivity index (χ1n) is 5.16. The van der Waals surface area contributed by atoms with Crippen molar-refractivity contribution in [2.24, 2.45) is 7.05 Å². The van der Waals surface area contributed by atoms with Crippen molar-refractivity contribution in [3.63, 3.8) is 0 Å². The standard InChI is InChI=1S/C11H11F2N3O2/c1-16-8(6-14-15-16)10(17)7-4-2-3-5-9(7)18-11(12)13/h2-6,10-11,17H,1H3. The Labute approximate surface area is 102 Å². The Morgan fingerprint density at radius 2 is 2.06 bits per heavy atom. The number of aliphatic hydroxyl groups excluding tert-OH is 1. The molecule has 18 heavy (non-hydrogen) atoms. The fraction of sp³-hybridized carbons (Fsp3) is 0.273. The van der Waals surface area contributed by atoms with Crippen molar-refractivity contribution < 1.29 is 18.6 Å². The lowest BCUT2D eigenvalue weighted by Crippen LogP contribution is -2.10. The normalized spacial score (nSPS) is 12.7. The van der Waals surface area contributed by atoms with Crippen molar-refractivity contribution in [3.05, 3.63) is 41.7 Å². The van der Waals surface area contributed by atoms with Crippen LogP contribution in [0.4, 0.5) is 8.78 Å². The molecular weight excluding hydrogens is 244 g/mol. The molecule has 5 nitrogen and oxygen atoms in total. The van der Waals surface area contributed by atoms with E-state index in [1.807, 2.05) is 0 Å². The number of aryl methyl sites for hydroxylation is 1. The molecule has 0 amide bonds. The quantitative estimate of drug-likeness (QED) is 0.899. The molecular formula is C11H11F2N3O2. The smallest absolute Gasteiger partial charge is 0.387 e. The highest BCUT2D eigenvalue weighted by atomic mass is 19.3. The van der Waals surface area contributed by atoms with E-state index in [9.17, 15) is 13.9 Å². The number of aromatic nitrogens is 3. The fourth-order valence-corrected chi connectivity index (χ4v) is 1.61. The summed E-state index contributed by atoms with van der Waals surface area (Å²) in [6.45, 7) is -2.94. The number of hydrogen-bond acceptors (Lipinski definition) is 4. The maximum atomic E-state index is 12.3. The van der Waals surface area contributed by atoms with Gasteiger partial charge in [-0.15, -0.1) is 5.10 Å². The number of alkyl halides is 2. The molecule has 2 rings (SSSR count). The molecule has 1 N–H and O–H groups in total. The topological polar surface area (TPSA) is 60.2 Å². The average Bonchev–Trinajstić information content (AvgIpc) is 2.74. The number of halogens is 2. The molecule has 0 fully saturated rings. The van der Waals surface area contributed by atoms with Gasteiger partial charge in [0.1, 0.15) is 11.9 Å². The van der Waals surface area contributed by atoms with Crippen LogP contribution in [-0.4, -0.2) is 26.7 Å². The van der Waals surface area contributed by atoms with E-state index < -0.39 is 12.7 Å². The first-order valence-corrected chi connectivity index (χ1v) is 5.16. The van der Waals surface area contributed by atoms with E-state index in [1.54, 1.807) is 19.2 Å². The molecule has 0 spiro atoms. The number of para-hydroxylation sites is 1. The van der Waals surface area contributed by atoms with Gasteiger partial charge in [-0.3, -0.25) is 0 Å². The van der Waals surface area contributed by atoms with E-state index in [4.69, 9.17) is 0 Å². The van der Waals surface area contributed by atoms with Crippen molar-refractivity contribution in [1.29, 1.82) is 0 Å². The van der Waals surface area contributed by atoms with Crippen LogP contribution in [0.2, 0.25) is 0 Å². The largest absolute Gasteiger partial charge is 0.434 e. The van der Waals surface area contributed by atoms with Gasteiger partial charge in [-0.05, 0) is 6.07 Å². The van der Waals surface area contributed by atoms with Crippen LogP contribution in [0, 0.1) is 0 Å². The van der Waals surface area contributed by atoms with E-state index in [2.05, 4.69) is 15.0 Å². The van der Waals surface area contributed by atoms with Crippen molar-refractivity contribution in [1.82, 2.24) is 15.0 Å². The molecule has 0 radical (unpaired) electrons. The maximum absolute atomic E-state index is 12.3. The lowest BCUT2D eigenvalue weighted by molar-refractivity contribution is -0.0513. The molecule has 1 atom stereocenters. The molecule has 0 aliphatic rings. The molecule has 0 bridgehead atoms. The van der Waals surface area contributed by atoms with Gasteiger partial charge in [-0.1, -0.05) is 23.4 Å². The second-order valence-corrected chi connectivity index (χ2v) is 3.60. The van der Waals surface area contributed by atoms with Crippen LogP contribution in [0.5, 0.6) is 5.75 Å². The minimum absolute atomic E-state index is 0.0683. The Balaban J connectivity index is 2.36. The minimum atomic E-state index is -2.94. The fourth-order valence-electron chi connectivity index (χ4n) is 1.61. The monoisotopic (exact) mass is 255 g/mol. The average molecular weight is 255 g/mol. The summed E-state index contributed by atoms with van der Waals surface area (Å²) in [5.41, 5.74) is 0.628. The Bertz CT molecular complexity index is 531. The number of hydrogen-bond donors (Lipinski definition) is 1. The molecule has 1 heterocycles. The molecule has 2 aromatic rings. The highest BCUT2D eigenvalue weighted by Crippen LogP contribution is 2.30. The molecule has 0 saturated heterocycles. The van der Waals surface area contributed by atoms with Gasteiger partial charge < -0.3 is 9.84 Å². The summed E-state index contributed by atoms with van der Waals surface area (Å²) >= 11 is 0. The number of rotatable bonds is 4. The maximum Gasteiger partial charge on any atom is 0.387 e. The summed E-state index contributed by atoms with van der Waals surface area (Å²) in [5.74, 6) is -0.0683. The van der Waals surface area contributed by atoms with Gasteiger partial charge in [0.15, 0.2) is 0 Å². The van der Waals surface area contributed by atoms with E-state index in [1.165, 1.54) is 23.0 Å². The van der Waals surface area contributed by atoms with Crippen LogP contribution >= 0.6 is 0 Å². The van der Waals surface area contributed by atoms with Crippen molar-refractivity contribution in [2.45, 2.75) is 12.7 Å². The SMILES string of the molecule is Cn1nncc1C(O)c1ccccc1OC(F)F. The van der Waals surface area contributed by atoms with Gasteiger partial charge in [0.25, 0.3) is 0 Å². The highest BCUT2D eigenvalue weighted by Gasteiger charge is 2.20. The van der Waals surface area contributed by atoms with Crippen molar-refractivity contribution in [3.8, 4) is 5.75 Å². The zero-order chi connectivity index (χ0) is 13.1. The Morgan fingerprint density at radius 3 is 2.67 bits per heavy atom. The van der Waals surface area contributed by atoms with Crippen LogP contribution in [-0.2, 0) is 7.05 Å². The number of nitrogens with zero attached hydrogens (tertiary/aromatic N) is 3. The van der Waals surface area contributed by atoms with E-state index in [0.29, 0.717) is 5.69 Å². The van der Waals surface area contributed by atoms with E-state index in [0.717, 1.165) is 0 Å². The zero-order valence-electron chi connectivity index (χ0n) is 9.49. The van der Waals surface area contributed by atoms with E-state index >= 15 is 0 Å². The highest BCUT2D eigenvalue weighted by molar-refractivity contribution is 5.38. The predicted octanol–water partition coefficient (Wildman–Crippen LogP) is 1.50. The van der Waals surface area contributed by atoms with Gasteiger partial charge in [0.2, 0.25) is 0 Å². The summed E-state index contributed by atoms with van der Waals surface area (Å²) in [7, 11) is 1.60. The van der Waals surface area contributed by atoms with Crippen LogP contribution in [0.15, 0.2) is 30.5 Å². The summed E-state index contributed by atoms with van der Waals surface area (Å²) in [5, 5.41) is 17.4. The Kier molecular flexibility index (Phi) is 3.52. The number of aliphatic hydroxyl groups is 1. The third-order valence-electron chi connectivity index (χ3n) is 2.46. The first-order chi connectivity index (χ1) is 8.59. The summed E-state index contributed by atoms with van der Waals surface area (Å²) in [4.78, 5) is 0. The molecule has 1 aromatic carbocycles.